The van der Waals surface area contributed by atoms with Gasteiger partial charge in [0.1, 0.15) is 0 Å². The van der Waals surface area contributed by atoms with Crippen molar-refractivity contribution in [3.63, 3.8) is 0 Å². The van der Waals surface area contributed by atoms with E-state index in [9.17, 15) is 0 Å². The molecule has 3 heteroatoms. The number of benzene rings is 1. The maximum atomic E-state index is 8.74. The largest absolute Gasteiger partial charge is 0.375 e. The molecule has 3 nitrogen and oxygen atoms in total. The molecule has 1 aliphatic rings. The van der Waals surface area contributed by atoms with Crippen LogP contribution in [0, 0.1) is 11.3 Å². The summed E-state index contributed by atoms with van der Waals surface area (Å²) in [5.74, 6) is 0. The van der Waals surface area contributed by atoms with Crippen LogP contribution in [0.4, 0.5) is 5.69 Å². The van der Waals surface area contributed by atoms with E-state index < -0.39 is 0 Å². The van der Waals surface area contributed by atoms with Crippen molar-refractivity contribution in [3.8, 4) is 6.07 Å². The normalized spacial score (nSPS) is 20.5. The van der Waals surface area contributed by atoms with Crippen molar-refractivity contribution < 1.29 is 4.74 Å². The molecule has 0 aliphatic carbocycles. The van der Waals surface area contributed by atoms with Crippen LogP contribution in [0.25, 0.3) is 0 Å². The van der Waals surface area contributed by atoms with Crippen molar-refractivity contribution in [1.82, 2.24) is 0 Å². The molecule has 0 bridgehead atoms. The monoisotopic (exact) mass is 216 g/mol. The van der Waals surface area contributed by atoms with Crippen molar-refractivity contribution in [2.24, 2.45) is 0 Å². The molecule has 1 saturated heterocycles. The smallest absolute Gasteiger partial charge is 0.0991 e. The minimum absolute atomic E-state index is 0.337. The van der Waals surface area contributed by atoms with Crippen LogP contribution in [-0.2, 0) is 4.74 Å². The van der Waals surface area contributed by atoms with E-state index in [4.69, 9.17) is 10.00 Å². The van der Waals surface area contributed by atoms with Gasteiger partial charge in [0.15, 0.2) is 0 Å². The lowest BCUT2D eigenvalue weighted by atomic mass is 10.1. The van der Waals surface area contributed by atoms with Gasteiger partial charge in [0, 0.05) is 18.8 Å². The molecule has 2 rings (SSSR count). The summed E-state index contributed by atoms with van der Waals surface area (Å²) in [6.45, 7) is 4.82. The summed E-state index contributed by atoms with van der Waals surface area (Å²) in [4.78, 5) is 2.32. The van der Waals surface area contributed by atoms with Crippen LogP contribution >= 0.6 is 0 Å². The van der Waals surface area contributed by atoms with Crippen LogP contribution in [0.2, 0.25) is 0 Å². The highest BCUT2D eigenvalue weighted by atomic mass is 16.5. The molecule has 1 fully saturated rings. The first-order chi connectivity index (χ1) is 7.83. The molecule has 1 unspecified atom stereocenters. The zero-order chi connectivity index (χ0) is 11.4. The minimum Gasteiger partial charge on any atom is -0.375 e. The Kier molecular flexibility index (Phi) is 3.43. The fraction of sp³-hybridized carbons (Fsp3) is 0.462. The van der Waals surface area contributed by atoms with Gasteiger partial charge in [-0.15, -0.1) is 0 Å². The lowest BCUT2D eigenvalue weighted by Crippen LogP contribution is -2.42. The summed E-state index contributed by atoms with van der Waals surface area (Å²) >= 11 is 0. The molecule has 84 valence electrons. The summed E-state index contributed by atoms with van der Waals surface area (Å²) < 4.78 is 5.63. The second kappa shape index (κ2) is 5.00. The van der Waals surface area contributed by atoms with Gasteiger partial charge in [-0.05, 0) is 30.7 Å². The minimum atomic E-state index is 0.337. The van der Waals surface area contributed by atoms with Gasteiger partial charge in [0.2, 0.25) is 0 Å². The summed E-state index contributed by atoms with van der Waals surface area (Å²) in [5.41, 5.74) is 1.89. The molecule has 0 amide bonds. The number of rotatable bonds is 2. The topological polar surface area (TPSA) is 36.3 Å². The average molecular weight is 216 g/mol. The van der Waals surface area contributed by atoms with Crippen molar-refractivity contribution in [3.05, 3.63) is 29.8 Å². The van der Waals surface area contributed by atoms with E-state index in [1.807, 2.05) is 24.3 Å². The molecule has 1 heterocycles. The quantitative estimate of drug-likeness (QED) is 0.760. The fourth-order valence-electron chi connectivity index (χ4n) is 1.95. The van der Waals surface area contributed by atoms with Crippen molar-refractivity contribution in [2.45, 2.75) is 19.4 Å². The second-order valence-corrected chi connectivity index (χ2v) is 4.01. The summed E-state index contributed by atoms with van der Waals surface area (Å²) in [5, 5.41) is 8.74. The highest BCUT2D eigenvalue weighted by Crippen LogP contribution is 2.19. The van der Waals surface area contributed by atoms with Crippen LogP contribution < -0.4 is 4.90 Å². The standard InChI is InChI=1S/C13H16N2O/c1-2-13-10-15(7-8-16-13)12-5-3-11(9-14)4-6-12/h3-6,13H,2,7-8,10H2,1H3. The van der Waals surface area contributed by atoms with Crippen molar-refractivity contribution in [2.75, 3.05) is 24.6 Å². The third-order valence-corrected chi connectivity index (χ3v) is 2.96. The van der Waals surface area contributed by atoms with Crippen molar-refractivity contribution in [1.29, 1.82) is 5.26 Å². The van der Waals surface area contributed by atoms with Gasteiger partial charge in [-0.3, -0.25) is 0 Å². The number of nitrogens with zero attached hydrogens (tertiary/aromatic N) is 2. The third kappa shape index (κ3) is 2.34. The van der Waals surface area contributed by atoms with E-state index in [-0.39, 0.29) is 0 Å². The highest BCUT2D eigenvalue weighted by molar-refractivity contribution is 5.50. The van der Waals surface area contributed by atoms with Gasteiger partial charge in [-0.2, -0.15) is 5.26 Å². The average Bonchev–Trinajstić information content (AvgIpc) is 2.39. The lowest BCUT2D eigenvalue weighted by molar-refractivity contribution is 0.0384. The Morgan fingerprint density at radius 2 is 2.19 bits per heavy atom. The Hall–Kier alpha value is -1.53. The molecule has 1 aliphatic heterocycles. The molecule has 1 atom stereocenters. The first-order valence-corrected chi connectivity index (χ1v) is 5.70. The molecule has 0 saturated carbocycles. The van der Waals surface area contributed by atoms with E-state index in [2.05, 4.69) is 17.9 Å². The van der Waals surface area contributed by atoms with E-state index in [1.54, 1.807) is 0 Å². The van der Waals surface area contributed by atoms with Crippen LogP contribution in [0.5, 0.6) is 0 Å². The van der Waals surface area contributed by atoms with Crippen molar-refractivity contribution >= 4 is 5.69 Å². The van der Waals surface area contributed by atoms with E-state index in [0.717, 1.165) is 26.1 Å². The molecule has 0 N–H and O–H groups in total. The van der Waals surface area contributed by atoms with Gasteiger partial charge < -0.3 is 9.64 Å². The maximum absolute atomic E-state index is 8.74. The molecule has 16 heavy (non-hydrogen) atoms. The Bertz CT molecular complexity index is 380. The summed E-state index contributed by atoms with van der Waals surface area (Å²) in [6.07, 6.45) is 1.39. The number of ether oxygens (including phenoxy) is 1. The predicted octanol–water partition coefficient (Wildman–Crippen LogP) is 2.17. The zero-order valence-electron chi connectivity index (χ0n) is 9.52. The first kappa shape index (κ1) is 11.0. The van der Waals surface area contributed by atoms with Gasteiger partial charge in [0.05, 0.1) is 24.3 Å². The Labute approximate surface area is 96.2 Å². The van der Waals surface area contributed by atoms with Gasteiger partial charge in [-0.1, -0.05) is 6.92 Å². The number of anilines is 1. The van der Waals surface area contributed by atoms with E-state index in [1.165, 1.54) is 5.69 Å². The number of hydrogen-bond acceptors (Lipinski definition) is 3. The second-order valence-electron chi connectivity index (χ2n) is 4.01. The maximum Gasteiger partial charge on any atom is 0.0991 e. The van der Waals surface area contributed by atoms with Crippen LogP contribution in [0.15, 0.2) is 24.3 Å². The van der Waals surface area contributed by atoms with Gasteiger partial charge in [-0.25, -0.2) is 0 Å². The summed E-state index contributed by atoms with van der Waals surface area (Å²) in [7, 11) is 0. The van der Waals surface area contributed by atoms with Crippen LogP contribution in [0.1, 0.15) is 18.9 Å². The molecular formula is C13H16N2O. The molecule has 1 aromatic rings. The predicted molar refractivity (Wildman–Crippen MR) is 63.4 cm³/mol. The van der Waals surface area contributed by atoms with E-state index >= 15 is 0 Å². The number of nitriles is 1. The Balaban J connectivity index is 2.08. The van der Waals surface area contributed by atoms with Crippen LogP contribution in [0.3, 0.4) is 0 Å². The third-order valence-electron chi connectivity index (χ3n) is 2.96. The Morgan fingerprint density at radius 3 is 2.81 bits per heavy atom. The Morgan fingerprint density at radius 1 is 1.44 bits per heavy atom. The fourth-order valence-corrected chi connectivity index (χ4v) is 1.95. The first-order valence-electron chi connectivity index (χ1n) is 5.70. The van der Waals surface area contributed by atoms with Gasteiger partial charge in [0.25, 0.3) is 0 Å². The molecule has 1 aromatic carbocycles. The van der Waals surface area contributed by atoms with Crippen LogP contribution in [-0.4, -0.2) is 25.8 Å². The number of morpholine rings is 1. The zero-order valence-corrected chi connectivity index (χ0v) is 9.52. The molecule has 0 radical (unpaired) electrons. The summed E-state index contributed by atoms with van der Waals surface area (Å²) in [6, 6.07) is 9.89. The molecule has 0 spiro atoms. The molecule has 0 aromatic heterocycles. The van der Waals surface area contributed by atoms with E-state index in [0.29, 0.717) is 11.7 Å². The number of hydrogen-bond donors (Lipinski definition) is 0. The highest BCUT2D eigenvalue weighted by Gasteiger charge is 2.18. The molecular weight excluding hydrogens is 200 g/mol. The lowest BCUT2D eigenvalue weighted by Gasteiger charge is -2.34. The SMILES string of the molecule is CCC1CN(c2ccc(C#N)cc2)CCO1. The van der Waals surface area contributed by atoms with Gasteiger partial charge >= 0.3 is 0 Å².